The fraction of sp³-hybridized carbons (Fsp3) is 0.471. The molecular formula is C34H37F6N7O2S. The predicted molar refractivity (Wildman–Crippen MR) is 181 cm³/mol. The molecule has 5 heterocycles. The summed E-state index contributed by atoms with van der Waals surface area (Å²) in [7, 11) is 3.10. The number of methoxy groups -OCH3 is 1. The monoisotopic (exact) mass is 721 g/mol. The van der Waals surface area contributed by atoms with Crippen LogP contribution >= 0.6 is 11.3 Å². The highest BCUT2D eigenvalue weighted by Gasteiger charge is 2.38. The fourth-order valence-corrected chi connectivity index (χ4v) is 7.51. The van der Waals surface area contributed by atoms with Gasteiger partial charge in [0.15, 0.2) is 5.82 Å². The Balaban J connectivity index is 0.000000230. The molecular weight excluding hydrogens is 684 g/mol. The number of alkyl halides is 4. The number of nitrogen functional groups attached to an aromatic ring is 1. The standard InChI is InChI=1S/C21H14F5N5OS.C7H12FN.C6H11NO/c1-3-29-19-9-6-11(21(24,25)26)14(15(23)16(9)30-20(31-19)32-2)8-4-5-12(22)17-13(8)10(7-27)18(28)33-17;8-6-4-7-2-1-3-9(7)5-6;1-7-5-3-2-4-6(7)8/h4-6H,3,28H2,1-2H3,(H,29,30,31);6-7H,1-5H2;2-5H2,1H3. The number of nitrogens with zero attached hydrogens (tertiary/aromatic N) is 5. The van der Waals surface area contributed by atoms with E-state index < -0.39 is 40.6 Å². The molecule has 3 fully saturated rings. The first-order valence-corrected chi connectivity index (χ1v) is 17.0. The van der Waals surface area contributed by atoms with Gasteiger partial charge in [-0.05, 0) is 63.3 Å². The number of nitriles is 1. The number of hydrogen-bond acceptors (Lipinski definition) is 9. The van der Waals surface area contributed by atoms with Crippen molar-refractivity contribution >= 4 is 49.1 Å². The number of nitrogens with two attached hydrogens (primary N) is 1. The van der Waals surface area contributed by atoms with Gasteiger partial charge in [0.2, 0.25) is 5.91 Å². The number of hydrogen-bond donors (Lipinski definition) is 2. The van der Waals surface area contributed by atoms with Crippen LogP contribution in [0.2, 0.25) is 0 Å². The Hall–Kier alpha value is -4.36. The maximum Gasteiger partial charge on any atom is 0.417 e. The summed E-state index contributed by atoms with van der Waals surface area (Å²) in [4.78, 5) is 22.7. The van der Waals surface area contributed by atoms with Gasteiger partial charge in [0.05, 0.1) is 22.9 Å². The van der Waals surface area contributed by atoms with Crippen molar-refractivity contribution in [1.29, 1.82) is 5.26 Å². The summed E-state index contributed by atoms with van der Waals surface area (Å²) >= 11 is 0.698. The minimum Gasteiger partial charge on any atom is -0.467 e. The molecule has 3 N–H and O–H groups in total. The molecule has 4 aromatic rings. The molecule has 2 aromatic heterocycles. The van der Waals surface area contributed by atoms with Crippen LogP contribution in [0.4, 0.5) is 37.2 Å². The number of aromatic nitrogens is 2. The molecule has 3 saturated heterocycles. The van der Waals surface area contributed by atoms with Crippen LogP contribution in [0, 0.1) is 23.0 Å². The molecule has 3 aliphatic heterocycles. The number of nitrogens with one attached hydrogen (secondary N) is 1. The number of carbonyl (C=O) groups is 1. The Morgan fingerprint density at radius 2 is 1.94 bits per heavy atom. The zero-order valence-electron chi connectivity index (χ0n) is 27.8. The lowest BCUT2D eigenvalue weighted by atomic mass is 9.92. The van der Waals surface area contributed by atoms with E-state index in [0.29, 0.717) is 29.8 Å². The molecule has 2 aromatic carbocycles. The van der Waals surface area contributed by atoms with Crippen molar-refractivity contribution < 1.29 is 35.9 Å². The number of ether oxygens (including phenoxy) is 1. The smallest absolute Gasteiger partial charge is 0.417 e. The van der Waals surface area contributed by atoms with Crippen LogP contribution in [0.1, 0.15) is 56.6 Å². The molecule has 268 valence electrons. The summed E-state index contributed by atoms with van der Waals surface area (Å²) in [6.45, 7) is 4.79. The van der Waals surface area contributed by atoms with Gasteiger partial charge < -0.3 is 20.7 Å². The van der Waals surface area contributed by atoms with E-state index in [1.807, 2.05) is 7.05 Å². The van der Waals surface area contributed by atoms with Gasteiger partial charge >= 0.3 is 12.2 Å². The van der Waals surface area contributed by atoms with E-state index in [2.05, 4.69) is 20.2 Å². The molecule has 1 amide bonds. The number of rotatable bonds is 4. The third-order valence-electron chi connectivity index (χ3n) is 8.96. The zero-order valence-corrected chi connectivity index (χ0v) is 28.6. The average Bonchev–Trinajstić information content (AvgIpc) is 3.76. The highest BCUT2D eigenvalue weighted by Crippen LogP contribution is 2.47. The van der Waals surface area contributed by atoms with E-state index in [9.17, 15) is 32.0 Å². The molecule has 0 spiro atoms. The Labute approximate surface area is 289 Å². The second-order valence-corrected chi connectivity index (χ2v) is 13.3. The second-order valence-electron chi connectivity index (χ2n) is 12.2. The summed E-state index contributed by atoms with van der Waals surface area (Å²) in [5, 5.41) is 11.8. The summed E-state index contributed by atoms with van der Waals surface area (Å²) < 4.78 is 90.2. The van der Waals surface area contributed by atoms with E-state index in [0.717, 1.165) is 50.6 Å². The predicted octanol–water partition coefficient (Wildman–Crippen LogP) is 7.52. The number of thiophene rings is 1. The van der Waals surface area contributed by atoms with Crippen LogP contribution in [0.15, 0.2) is 18.2 Å². The minimum absolute atomic E-state index is 0.0444. The number of fused-ring (bicyclic) bond motifs is 3. The van der Waals surface area contributed by atoms with Gasteiger partial charge in [-0.3, -0.25) is 9.69 Å². The van der Waals surface area contributed by atoms with E-state index in [1.54, 1.807) is 17.9 Å². The number of piperidine rings is 1. The molecule has 2 atom stereocenters. The first-order valence-electron chi connectivity index (χ1n) is 16.2. The Bertz CT molecular complexity index is 1920. The van der Waals surface area contributed by atoms with Crippen molar-refractivity contribution in [2.75, 3.05) is 51.4 Å². The van der Waals surface area contributed by atoms with Gasteiger partial charge in [0.25, 0.3) is 0 Å². The number of amides is 1. The fourth-order valence-electron chi connectivity index (χ4n) is 6.56. The molecule has 0 radical (unpaired) electrons. The maximum atomic E-state index is 15.9. The molecule has 7 rings (SSSR count). The lowest BCUT2D eigenvalue weighted by Gasteiger charge is -2.21. The molecule has 9 nitrogen and oxygen atoms in total. The van der Waals surface area contributed by atoms with Gasteiger partial charge in [0, 0.05) is 55.5 Å². The van der Waals surface area contributed by atoms with Gasteiger partial charge in [0.1, 0.15) is 34.4 Å². The van der Waals surface area contributed by atoms with E-state index in [-0.39, 0.29) is 50.0 Å². The number of anilines is 2. The van der Waals surface area contributed by atoms with Crippen molar-refractivity contribution in [3.63, 3.8) is 0 Å². The molecule has 50 heavy (non-hydrogen) atoms. The zero-order chi connectivity index (χ0) is 36.3. The molecule has 3 aliphatic rings. The van der Waals surface area contributed by atoms with Crippen LogP contribution in [0.25, 0.3) is 32.1 Å². The first-order chi connectivity index (χ1) is 23.8. The van der Waals surface area contributed by atoms with Crippen molar-refractivity contribution in [1.82, 2.24) is 19.8 Å². The van der Waals surface area contributed by atoms with Crippen LogP contribution in [0.5, 0.6) is 6.01 Å². The number of halogens is 6. The molecule has 2 unspecified atom stereocenters. The first kappa shape index (κ1) is 36.9. The van der Waals surface area contributed by atoms with Crippen molar-refractivity contribution in [3.05, 3.63) is 41.0 Å². The average molecular weight is 722 g/mol. The minimum atomic E-state index is -5.00. The number of likely N-dealkylation sites (tertiary alicyclic amines) is 1. The van der Waals surface area contributed by atoms with Gasteiger partial charge in [-0.1, -0.05) is 6.07 Å². The maximum absolute atomic E-state index is 15.9. The van der Waals surface area contributed by atoms with E-state index >= 15 is 4.39 Å². The van der Waals surface area contributed by atoms with Crippen LogP contribution in [-0.4, -0.2) is 78.2 Å². The third kappa shape index (κ3) is 7.53. The van der Waals surface area contributed by atoms with Gasteiger partial charge in [-0.2, -0.15) is 28.4 Å². The quantitative estimate of drug-likeness (QED) is 0.208. The van der Waals surface area contributed by atoms with Gasteiger partial charge in [-0.15, -0.1) is 11.3 Å². The van der Waals surface area contributed by atoms with E-state index in [4.69, 9.17) is 10.5 Å². The van der Waals surface area contributed by atoms with E-state index in [1.165, 1.54) is 26.4 Å². The number of carbonyl (C=O) groups excluding carboxylic acids is 1. The summed E-state index contributed by atoms with van der Waals surface area (Å²) in [6, 6.07) is 4.75. The van der Waals surface area contributed by atoms with Crippen LogP contribution in [-0.2, 0) is 11.0 Å². The largest absolute Gasteiger partial charge is 0.467 e. The molecule has 0 aliphatic carbocycles. The van der Waals surface area contributed by atoms with Gasteiger partial charge in [-0.25, -0.2) is 13.2 Å². The highest BCUT2D eigenvalue weighted by molar-refractivity contribution is 7.23. The molecule has 0 bridgehead atoms. The Morgan fingerprint density at radius 1 is 1.18 bits per heavy atom. The Morgan fingerprint density at radius 3 is 2.54 bits per heavy atom. The molecule has 16 heteroatoms. The summed E-state index contributed by atoms with van der Waals surface area (Å²) in [5.74, 6) is -1.85. The summed E-state index contributed by atoms with van der Waals surface area (Å²) in [5.41, 5.74) is 2.59. The van der Waals surface area contributed by atoms with Crippen molar-refractivity contribution in [2.45, 2.75) is 63.8 Å². The Kier molecular flexibility index (Phi) is 11.3. The van der Waals surface area contributed by atoms with Crippen molar-refractivity contribution in [2.24, 2.45) is 0 Å². The topological polar surface area (TPSA) is 120 Å². The van der Waals surface area contributed by atoms with Crippen molar-refractivity contribution in [3.8, 4) is 23.2 Å². The lowest BCUT2D eigenvalue weighted by molar-refractivity contribution is -0.137. The lowest BCUT2D eigenvalue weighted by Crippen LogP contribution is -2.31. The number of benzene rings is 2. The SMILES string of the molecule is CCNc1nc(OC)nc2c(F)c(-c3ccc(F)c4sc(N)c(C#N)c34)c(C(F)(F)F)cc12.CN1CCCCC1=O.FC1CC2CCCN2C1. The molecule has 0 saturated carbocycles. The van der Waals surface area contributed by atoms with Crippen LogP contribution < -0.4 is 15.8 Å². The second kappa shape index (κ2) is 15.3. The van der Waals surface area contributed by atoms with Crippen LogP contribution in [0.3, 0.4) is 0 Å². The third-order valence-corrected chi connectivity index (χ3v) is 9.99. The summed E-state index contributed by atoms with van der Waals surface area (Å²) in [6.07, 6.45) is 0.845. The normalized spacial score (nSPS) is 19.0. The highest BCUT2D eigenvalue weighted by atomic mass is 32.1.